The summed E-state index contributed by atoms with van der Waals surface area (Å²) in [5.41, 5.74) is 5.73. The minimum absolute atomic E-state index is 0.00929. The molecule has 0 fully saturated rings. The minimum atomic E-state index is -3.12. The molecule has 0 radical (unpaired) electrons. The number of halogens is 1. The van der Waals surface area contributed by atoms with Crippen molar-refractivity contribution in [3.05, 3.63) is 91.0 Å². The predicted molar refractivity (Wildman–Crippen MR) is 201 cm³/mol. The van der Waals surface area contributed by atoms with Crippen LogP contribution in [0, 0.1) is 0 Å². The van der Waals surface area contributed by atoms with Gasteiger partial charge in [-0.05, 0) is 6.92 Å². The molecule has 13 heteroatoms. The van der Waals surface area contributed by atoms with Gasteiger partial charge in [0.1, 0.15) is 6.04 Å². The van der Waals surface area contributed by atoms with E-state index < -0.39 is 41.1 Å². The first-order valence-electron chi connectivity index (χ1n) is 16.1. The molecule has 0 spiro atoms. The van der Waals surface area contributed by atoms with E-state index in [9.17, 15) is 24.0 Å². The van der Waals surface area contributed by atoms with Crippen molar-refractivity contribution in [1.82, 2.24) is 10.6 Å². The Morgan fingerprint density at radius 2 is 1.37 bits per heavy atom. The Bertz CT molecular complexity index is 1450. The summed E-state index contributed by atoms with van der Waals surface area (Å²) in [5, 5.41) is 5.42. The maximum atomic E-state index is 13.1. The van der Waals surface area contributed by atoms with Crippen LogP contribution in [0.25, 0.3) is 0 Å². The Labute approximate surface area is 300 Å². The zero-order valence-electron chi connectivity index (χ0n) is 27.8. The SMILES string of the molecule is CCOC(=O)CNC(=O)C(CSC(=O)CCCCP(Br)(c1ccccc1)(c1ccccc1)c1ccccc1)NC(=O)CCC(N)C(=O)OC. The van der Waals surface area contributed by atoms with Gasteiger partial charge in [0.05, 0.1) is 13.7 Å². The van der Waals surface area contributed by atoms with Gasteiger partial charge >= 0.3 is 250 Å². The molecular formula is C36H45BrN3O7PS. The summed E-state index contributed by atoms with van der Waals surface area (Å²) < 4.78 is 9.45. The maximum absolute atomic E-state index is 13.1. The van der Waals surface area contributed by atoms with Gasteiger partial charge in [0.2, 0.25) is 0 Å². The molecule has 0 saturated carbocycles. The number of carbonyl (C=O) groups is 5. The quantitative estimate of drug-likeness (QED) is 0.0941. The van der Waals surface area contributed by atoms with E-state index >= 15 is 0 Å². The van der Waals surface area contributed by atoms with E-state index in [0.717, 1.165) is 24.3 Å². The van der Waals surface area contributed by atoms with Crippen LogP contribution < -0.4 is 32.3 Å². The standard InChI is InChI=1S/C36H45BrN3O7PS/c1-3-47-33(42)25-39-35(44)31(40-32(41)23-22-30(38)36(45)46-2)26-49-34(43)21-13-14-24-48(37,27-15-7-4-8-16-27,28-17-9-5-10-18-28)29-19-11-6-12-20-29/h4-12,15-20,30-31H,3,13-14,21-26,38H2,1-2H3,(H,39,44)(H,40,41). The number of ether oxygens (including phenoxy) is 2. The van der Waals surface area contributed by atoms with Crippen molar-refractivity contribution in [2.45, 2.75) is 51.1 Å². The van der Waals surface area contributed by atoms with Gasteiger partial charge in [-0.1, -0.05) is 0 Å². The summed E-state index contributed by atoms with van der Waals surface area (Å²) in [5.74, 6) is -2.49. The van der Waals surface area contributed by atoms with Gasteiger partial charge < -0.3 is 15.2 Å². The summed E-state index contributed by atoms with van der Waals surface area (Å²) in [7, 11) is 1.20. The number of carbonyl (C=O) groups excluding carboxylic acids is 5. The van der Waals surface area contributed by atoms with E-state index in [0.29, 0.717) is 6.42 Å². The fourth-order valence-corrected chi connectivity index (χ4v) is 14.1. The van der Waals surface area contributed by atoms with Crippen molar-refractivity contribution in [2.75, 3.05) is 32.2 Å². The Hall–Kier alpha value is -3.57. The van der Waals surface area contributed by atoms with Crippen LogP contribution in [0.2, 0.25) is 0 Å². The van der Waals surface area contributed by atoms with Crippen molar-refractivity contribution in [1.29, 1.82) is 0 Å². The molecule has 3 aromatic rings. The second-order valence-electron chi connectivity index (χ2n) is 11.4. The van der Waals surface area contributed by atoms with Crippen LogP contribution in [0.4, 0.5) is 0 Å². The molecule has 49 heavy (non-hydrogen) atoms. The van der Waals surface area contributed by atoms with Crippen LogP contribution >= 0.6 is 32.6 Å². The fourth-order valence-electron chi connectivity index (χ4n) is 5.48. The second-order valence-corrected chi connectivity index (χ2v) is 21.5. The molecule has 2 amide bonds. The first-order valence-corrected chi connectivity index (χ1v) is 21.6. The van der Waals surface area contributed by atoms with E-state index in [1.807, 2.05) is 18.2 Å². The molecule has 3 aromatic carbocycles. The number of amides is 2. The molecule has 0 heterocycles. The Morgan fingerprint density at radius 3 is 1.86 bits per heavy atom. The molecule has 0 aromatic heterocycles. The average Bonchev–Trinajstić information content (AvgIpc) is 3.13. The molecule has 2 unspecified atom stereocenters. The number of nitrogens with two attached hydrogens (primary N) is 1. The summed E-state index contributed by atoms with van der Waals surface area (Å²) in [4.78, 5) is 62.1. The molecular weight excluding hydrogens is 729 g/mol. The molecule has 0 aliphatic rings. The minimum Gasteiger partial charge on any atom is -0.468 e. The van der Waals surface area contributed by atoms with Crippen molar-refractivity contribution in [3.63, 3.8) is 0 Å². The molecule has 0 aliphatic carbocycles. The van der Waals surface area contributed by atoms with Gasteiger partial charge in [0, 0.05) is 0 Å². The van der Waals surface area contributed by atoms with Gasteiger partial charge in [-0.15, -0.1) is 0 Å². The Balaban J connectivity index is 1.69. The smallest absolute Gasteiger partial charge is 0.468 e. The van der Waals surface area contributed by atoms with Crippen molar-refractivity contribution in [3.8, 4) is 0 Å². The van der Waals surface area contributed by atoms with Crippen LogP contribution in [0.3, 0.4) is 0 Å². The molecule has 0 aliphatic heterocycles. The third kappa shape index (κ3) is 11.0. The van der Waals surface area contributed by atoms with Crippen molar-refractivity contribution in [2.24, 2.45) is 5.73 Å². The number of hydrogen-bond donors (Lipinski definition) is 3. The predicted octanol–water partition coefficient (Wildman–Crippen LogP) is 3.70. The zero-order valence-corrected chi connectivity index (χ0v) is 31.1. The Morgan fingerprint density at radius 1 is 0.837 bits per heavy atom. The molecule has 264 valence electrons. The van der Waals surface area contributed by atoms with E-state index in [-0.39, 0.29) is 43.3 Å². The number of rotatable bonds is 19. The van der Waals surface area contributed by atoms with E-state index in [1.165, 1.54) is 23.0 Å². The third-order valence-corrected chi connectivity index (χ3v) is 19.1. The first-order chi connectivity index (χ1) is 23.5. The molecule has 10 nitrogen and oxygen atoms in total. The van der Waals surface area contributed by atoms with Crippen LogP contribution in [0.1, 0.15) is 39.0 Å². The summed E-state index contributed by atoms with van der Waals surface area (Å²) >= 11 is 5.38. The normalized spacial score (nSPS) is 13.2. The van der Waals surface area contributed by atoms with Crippen LogP contribution in [-0.4, -0.2) is 73.1 Å². The molecule has 2 atom stereocenters. The number of nitrogens with one attached hydrogen (secondary N) is 2. The zero-order chi connectivity index (χ0) is 35.7. The van der Waals surface area contributed by atoms with Crippen LogP contribution in [0.5, 0.6) is 0 Å². The van der Waals surface area contributed by atoms with Crippen LogP contribution in [0.15, 0.2) is 91.0 Å². The average molecular weight is 775 g/mol. The van der Waals surface area contributed by atoms with Crippen molar-refractivity contribution < 1.29 is 33.4 Å². The Kier molecular flexibility index (Phi) is 15.9. The number of thioether (sulfide) groups is 1. The number of esters is 2. The van der Waals surface area contributed by atoms with Gasteiger partial charge in [-0.25, -0.2) is 0 Å². The number of benzene rings is 3. The molecule has 3 rings (SSSR count). The summed E-state index contributed by atoms with van der Waals surface area (Å²) in [6.45, 7) is 1.42. The van der Waals surface area contributed by atoms with E-state index in [4.69, 9.17) is 10.5 Å². The third-order valence-electron chi connectivity index (χ3n) is 8.05. The number of unbranched alkanes of at least 4 members (excludes halogenated alkanes) is 1. The van der Waals surface area contributed by atoms with E-state index in [2.05, 4.69) is 104 Å². The first kappa shape index (κ1) is 39.9. The van der Waals surface area contributed by atoms with E-state index in [1.54, 1.807) is 6.92 Å². The fraction of sp³-hybridized carbons (Fsp3) is 0.361. The molecule has 0 saturated heterocycles. The van der Waals surface area contributed by atoms with Gasteiger partial charge in [0.25, 0.3) is 0 Å². The molecule has 0 bridgehead atoms. The summed E-state index contributed by atoms with van der Waals surface area (Å²) in [6, 6.07) is 29.2. The molecule has 4 N–H and O–H groups in total. The monoisotopic (exact) mass is 773 g/mol. The van der Waals surface area contributed by atoms with Crippen LogP contribution in [-0.2, 0) is 33.4 Å². The van der Waals surface area contributed by atoms with Gasteiger partial charge in [0.15, 0.2) is 0 Å². The van der Waals surface area contributed by atoms with Gasteiger partial charge in [-0.2, -0.15) is 0 Å². The number of methoxy groups -OCH3 is 1. The van der Waals surface area contributed by atoms with Gasteiger partial charge in [-0.3, -0.25) is 9.59 Å². The second kappa shape index (κ2) is 19.6. The number of hydrogen-bond acceptors (Lipinski definition) is 9. The topological polar surface area (TPSA) is 154 Å². The summed E-state index contributed by atoms with van der Waals surface area (Å²) in [6.07, 6.45) is 2.27. The van der Waals surface area contributed by atoms with Crippen molar-refractivity contribution >= 4 is 77.3 Å².